The van der Waals surface area contributed by atoms with Crippen molar-refractivity contribution in [1.82, 2.24) is 19.7 Å². The van der Waals surface area contributed by atoms with Crippen LogP contribution in [-0.2, 0) is 11.3 Å². The van der Waals surface area contributed by atoms with E-state index in [4.69, 9.17) is 0 Å². The molecule has 0 spiro atoms. The Hall–Kier alpha value is -0.980. The zero-order valence-electron chi connectivity index (χ0n) is 18.2. The smallest absolute Gasteiger partial charge is 0.225 e. The summed E-state index contributed by atoms with van der Waals surface area (Å²) in [6.45, 7) is 10.4. The topological polar surface area (TPSA) is 39.7 Å². The Morgan fingerprint density at radius 3 is 2.48 bits per heavy atom. The number of carbonyl (C=O) groups is 1. The second-order valence-corrected chi connectivity index (χ2v) is 10.5. The maximum absolute atomic E-state index is 13.1. The average molecular weight is 419 g/mol. The first-order valence-electron chi connectivity index (χ1n) is 11.8. The zero-order valence-corrected chi connectivity index (χ0v) is 19.0. The first kappa shape index (κ1) is 21.3. The van der Waals surface area contributed by atoms with Gasteiger partial charge in [0.05, 0.1) is 10.7 Å². The molecule has 1 aromatic heterocycles. The Labute approximate surface area is 180 Å². The van der Waals surface area contributed by atoms with Crippen LogP contribution in [0.5, 0.6) is 0 Å². The third-order valence-corrected chi connectivity index (χ3v) is 7.95. The highest BCUT2D eigenvalue weighted by Crippen LogP contribution is 2.26. The molecule has 0 N–H and O–H groups in total. The van der Waals surface area contributed by atoms with E-state index < -0.39 is 0 Å². The summed E-state index contributed by atoms with van der Waals surface area (Å²) >= 11 is 1.73. The molecule has 0 unspecified atom stereocenters. The van der Waals surface area contributed by atoms with Gasteiger partial charge in [-0.2, -0.15) is 0 Å². The summed E-state index contributed by atoms with van der Waals surface area (Å²) in [5.74, 6) is 1.55. The molecule has 0 radical (unpaired) electrons. The van der Waals surface area contributed by atoms with Crippen molar-refractivity contribution < 1.29 is 4.79 Å². The van der Waals surface area contributed by atoms with E-state index in [1.54, 1.807) is 11.3 Å². The first-order valence-corrected chi connectivity index (χ1v) is 12.7. The molecule has 2 aliphatic heterocycles. The predicted molar refractivity (Wildman–Crippen MR) is 119 cm³/mol. The molecule has 3 heterocycles. The standard InChI is InChI=1S/C23H38N4OS/c1-19-24-22(18-29-19)17-26-12-8-21(9-13-26)23(28)27-11-5-10-25(14-15-27)16-20-6-3-2-4-7-20/h18,20-21H,2-17H2,1H3. The SMILES string of the molecule is Cc1nc(CN2CCC(C(=O)N3CCCN(CC4CCCCC4)CC3)CC2)cs1. The number of thiazole rings is 1. The summed E-state index contributed by atoms with van der Waals surface area (Å²) < 4.78 is 0. The van der Waals surface area contributed by atoms with Gasteiger partial charge < -0.3 is 9.80 Å². The van der Waals surface area contributed by atoms with Crippen molar-refractivity contribution in [1.29, 1.82) is 0 Å². The van der Waals surface area contributed by atoms with Crippen LogP contribution < -0.4 is 0 Å². The van der Waals surface area contributed by atoms with Gasteiger partial charge in [0.15, 0.2) is 0 Å². The normalized spacial score (nSPS) is 24.0. The van der Waals surface area contributed by atoms with Crippen LogP contribution in [0.2, 0.25) is 0 Å². The maximum Gasteiger partial charge on any atom is 0.225 e. The van der Waals surface area contributed by atoms with Crippen molar-refractivity contribution >= 4 is 17.2 Å². The van der Waals surface area contributed by atoms with Crippen LogP contribution in [0.4, 0.5) is 0 Å². The number of piperidine rings is 1. The molecule has 1 aromatic rings. The van der Waals surface area contributed by atoms with Gasteiger partial charge in [0.2, 0.25) is 5.91 Å². The summed E-state index contributed by atoms with van der Waals surface area (Å²) in [6, 6.07) is 0. The summed E-state index contributed by atoms with van der Waals surface area (Å²) in [7, 11) is 0. The number of hydrogen-bond acceptors (Lipinski definition) is 5. The lowest BCUT2D eigenvalue weighted by molar-refractivity contribution is -0.137. The van der Waals surface area contributed by atoms with Crippen LogP contribution in [0.15, 0.2) is 5.38 Å². The lowest BCUT2D eigenvalue weighted by Gasteiger charge is -2.33. The van der Waals surface area contributed by atoms with Crippen molar-refractivity contribution in [3.8, 4) is 0 Å². The minimum absolute atomic E-state index is 0.230. The second-order valence-electron chi connectivity index (χ2n) is 9.39. The highest BCUT2D eigenvalue weighted by Gasteiger charge is 2.30. The van der Waals surface area contributed by atoms with Gasteiger partial charge >= 0.3 is 0 Å². The lowest BCUT2D eigenvalue weighted by Crippen LogP contribution is -2.43. The number of nitrogens with zero attached hydrogens (tertiary/aromatic N) is 4. The van der Waals surface area contributed by atoms with E-state index in [1.807, 2.05) is 0 Å². The molecule has 3 fully saturated rings. The highest BCUT2D eigenvalue weighted by atomic mass is 32.1. The molecule has 0 atom stereocenters. The Morgan fingerprint density at radius 1 is 0.966 bits per heavy atom. The number of aryl methyl sites for hydroxylation is 1. The van der Waals surface area contributed by atoms with Crippen LogP contribution >= 0.6 is 11.3 Å². The van der Waals surface area contributed by atoms with Gasteiger partial charge in [-0.1, -0.05) is 19.3 Å². The fourth-order valence-electron chi connectivity index (χ4n) is 5.41. The van der Waals surface area contributed by atoms with Gasteiger partial charge in [0.25, 0.3) is 0 Å². The predicted octanol–water partition coefficient (Wildman–Crippen LogP) is 3.78. The molecule has 5 nitrogen and oxygen atoms in total. The van der Waals surface area contributed by atoms with Gasteiger partial charge in [-0.3, -0.25) is 9.69 Å². The molecule has 1 saturated carbocycles. The summed E-state index contributed by atoms with van der Waals surface area (Å²) in [6.07, 6.45) is 10.3. The van der Waals surface area contributed by atoms with Crippen molar-refractivity contribution in [3.63, 3.8) is 0 Å². The maximum atomic E-state index is 13.1. The summed E-state index contributed by atoms with van der Waals surface area (Å²) in [5.41, 5.74) is 1.18. The number of likely N-dealkylation sites (tertiary alicyclic amines) is 1. The van der Waals surface area contributed by atoms with Gasteiger partial charge in [-0.25, -0.2) is 4.98 Å². The summed E-state index contributed by atoms with van der Waals surface area (Å²) in [4.78, 5) is 25.0. The largest absolute Gasteiger partial charge is 0.341 e. The Morgan fingerprint density at radius 2 is 1.76 bits per heavy atom. The van der Waals surface area contributed by atoms with Gasteiger partial charge in [0.1, 0.15) is 0 Å². The first-order chi connectivity index (χ1) is 14.2. The van der Waals surface area contributed by atoms with E-state index in [0.29, 0.717) is 5.91 Å². The molecule has 3 aliphatic rings. The van der Waals surface area contributed by atoms with Gasteiger partial charge in [0, 0.05) is 44.0 Å². The molecular weight excluding hydrogens is 380 g/mol. The number of aromatic nitrogens is 1. The van der Waals surface area contributed by atoms with E-state index in [2.05, 4.69) is 32.0 Å². The van der Waals surface area contributed by atoms with Crippen LogP contribution in [0.25, 0.3) is 0 Å². The van der Waals surface area contributed by atoms with E-state index in [9.17, 15) is 4.79 Å². The van der Waals surface area contributed by atoms with E-state index >= 15 is 0 Å². The number of rotatable bonds is 5. The summed E-state index contributed by atoms with van der Waals surface area (Å²) in [5, 5.41) is 3.31. The fraction of sp³-hybridized carbons (Fsp3) is 0.826. The van der Waals surface area contributed by atoms with Crippen molar-refractivity contribution in [2.24, 2.45) is 11.8 Å². The number of carbonyl (C=O) groups excluding carboxylic acids is 1. The molecule has 2 saturated heterocycles. The minimum Gasteiger partial charge on any atom is -0.341 e. The van der Waals surface area contributed by atoms with E-state index in [1.165, 1.54) is 50.9 Å². The van der Waals surface area contributed by atoms with E-state index in [0.717, 1.165) is 69.5 Å². The third kappa shape index (κ3) is 6.02. The van der Waals surface area contributed by atoms with E-state index in [-0.39, 0.29) is 5.92 Å². The average Bonchev–Trinajstić information content (AvgIpc) is 3.01. The second kappa shape index (κ2) is 10.4. The Kier molecular flexibility index (Phi) is 7.60. The molecule has 162 valence electrons. The van der Waals surface area contributed by atoms with Gasteiger partial charge in [-0.15, -0.1) is 11.3 Å². The van der Waals surface area contributed by atoms with Crippen LogP contribution in [0.1, 0.15) is 62.1 Å². The van der Waals surface area contributed by atoms with Crippen LogP contribution in [0.3, 0.4) is 0 Å². The number of amides is 1. The molecule has 29 heavy (non-hydrogen) atoms. The molecule has 0 bridgehead atoms. The third-order valence-electron chi connectivity index (χ3n) is 7.13. The Balaban J connectivity index is 1.20. The molecule has 4 rings (SSSR count). The molecular formula is C23H38N4OS. The fourth-order valence-corrected chi connectivity index (χ4v) is 6.02. The van der Waals surface area contributed by atoms with Gasteiger partial charge in [-0.05, 0) is 64.6 Å². The Bertz CT molecular complexity index is 649. The highest BCUT2D eigenvalue weighted by molar-refractivity contribution is 7.09. The van der Waals surface area contributed by atoms with Crippen molar-refractivity contribution in [2.45, 2.75) is 64.8 Å². The number of hydrogen-bond donors (Lipinski definition) is 0. The quantitative estimate of drug-likeness (QED) is 0.730. The molecule has 1 amide bonds. The molecule has 1 aliphatic carbocycles. The molecule has 6 heteroatoms. The zero-order chi connectivity index (χ0) is 20.1. The van der Waals surface area contributed by atoms with Crippen molar-refractivity contribution in [3.05, 3.63) is 16.1 Å². The van der Waals surface area contributed by atoms with Crippen molar-refractivity contribution in [2.75, 3.05) is 45.8 Å². The van der Waals surface area contributed by atoms with Crippen LogP contribution in [-0.4, -0.2) is 71.4 Å². The monoisotopic (exact) mass is 418 g/mol. The van der Waals surface area contributed by atoms with Crippen LogP contribution in [0, 0.1) is 18.8 Å². The minimum atomic E-state index is 0.230. The lowest BCUT2D eigenvalue weighted by atomic mass is 9.89. The molecule has 0 aromatic carbocycles.